The molecule has 1 atom stereocenters. The Morgan fingerprint density at radius 1 is 1.50 bits per heavy atom. The third-order valence-electron chi connectivity index (χ3n) is 2.67. The van der Waals surface area contributed by atoms with E-state index in [-0.39, 0.29) is 11.2 Å². The van der Waals surface area contributed by atoms with Crippen LogP contribution in [0.5, 0.6) is 0 Å². The first-order valence-electron chi connectivity index (χ1n) is 6.53. The van der Waals surface area contributed by atoms with Gasteiger partial charge in [0.05, 0.1) is 16.8 Å². The minimum Gasteiger partial charge on any atom is -0.465 e. The fourth-order valence-electron chi connectivity index (χ4n) is 1.77. The molecule has 0 aliphatic carbocycles. The lowest BCUT2D eigenvalue weighted by molar-refractivity contribution is -0.142. The summed E-state index contributed by atoms with van der Waals surface area (Å²) < 4.78 is 7.08. The second kappa shape index (κ2) is 7.29. The quantitative estimate of drug-likeness (QED) is 0.565. The maximum absolute atomic E-state index is 11.9. The monoisotopic (exact) mass is 329 g/mol. The van der Waals surface area contributed by atoms with Crippen LogP contribution in [0.4, 0.5) is 0 Å². The van der Waals surface area contributed by atoms with Crippen LogP contribution < -0.4 is 0 Å². The van der Waals surface area contributed by atoms with Crippen LogP contribution in [0.1, 0.15) is 26.7 Å². The lowest BCUT2D eigenvalue weighted by Crippen LogP contribution is -2.19. The summed E-state index contributed by atoms with van der Waals surface area (Å²) >= 11 is 9.02. The van der Waals surface area contributed by atoms with Crippen LogP contribution in [-0.4, -0.2) is 22.8 Å². The van der Waals surface area contributed by atoms with Gasteiger partial charge in [-0.25, -0.2) is 4.98 Å². The topological polar surface area (TPSA) is 39.2 Å². The summed E-state index contributed by atoms with van der Waals surface area (Å²) in [4.78, 5) is 16.4. The van der Waals surface area contributed by atoms with Gasteiger partial charge in [0, 0.05) is 5.02 Å². The number of carbonyl (C=O) groups is 1. The third kappa shape index (κ3) is 3.87. The molecule has 1 unspecified atom stereocenters. The summed E-state index contributed by atoms with van der Waals surface area (Å²) in [6, 6.07) is 5.65. The summed E-state index contributed by atoms with van der Waals surface area (Å²) in [5.74, 6) is -0.156. The van der Waals surface area contributed by atoms with E-state index in [0.717, 1.165) is 27.4 Å². The number of hydrogen-bond donors (Lipinski definition) is 0. The Morgan fingerprint density at radius 2 is 2.30 bits per heavy atom. The van der Waals surface area contributed by atoms with Crippen molar-refractivity contribution in [3.05, 3.63) is 23.2 Å². The van der Waals surface area contributed by atoms with E-state index in [1.54, 1.807) is 11.3 Å². The van der Waals surface area contributed by atoms with E-state index in [2.05, 4.69) is 11.9 Å². The molecule has 0 fully saturated rings. The molecule has 0 aliphatic heterocycles. The lowest BCUT2D eigenvalue weighted by Gasteiger charge is -2.12. The number of nitrogens with zero attached hydrogens (tertiary/aromatic N) is 1. The van der Waals surface area contributed by atoms with E-state index in [9.17, 15) is 4.79 Å². The SMILES string of the molecule is CCCC(Sc1nc2cc(Cl)ccc2s1)C(=O)OCC. The van der Waals surface area contributed by atoms with Gasteiger partial charge >= 0.3 is 5.97 Å². The standard InChI is InChI=1S/C14H16ClNO2S2/c1-3-5-12(13(17)18-4-2)20-14-16-10-8-9(15)6-7-11(10)19-14/h6-8,12H,3-5H2,1-2H3. The Morgan fingerprint density at radius 3 is 3.00 bits per heavy atom. The summed E-state index contributed by atoms with van der Waals surface area (Å²) in [5, 5.41) is 0.492. The molecular weight excluding hydrogens is 314 g/mol. The van der Waals surface area contributed by atoms with Gasteiger partial charge in [-0.05, 0) is 31.5 Å². The Balaban J connectivity index is 2.17. The predicted octanol–water partition coefficient (Wildman–Crippen LogP) is 4.77. The first-order valence-corrected chi connectivity index (χ1v) is 8.60. The van der Waals surface area contributed by atoms with E-state index in [1.807, 2.05) is 25.1 Å². The fraction of sp³-hybridized carbons (Fsp3) is 0.429. The van der Waals surface area contributed by atoms with Gasteiger partial charge in [0.2, 0.25) is 0 Å². The molecule has 0 saturated carbocycles. The molecule has 0 N–H and O–H groups in total. The number of carbonyl (C=O) groups excluding carboxylic acids is 1. The maximum atomic E-state index is 11.9. The minimum atomic E-state index is -0.184. The van der Waals surface area contributed by atoms with Crippen LogP contribution in [0, 0.1) is 0 Å². The van der Waals surface area contributed by atoms with E-state index in [0.29, 0.717) is 11.6 Å². The number of aromatic nitrogens is 1. The van der Waals surface area contributed by atoms with Gasteiger partial charge in [-0.3, -0.25) is 4.79 Å². The first-order chi connectivity index (χ1) is 9.63. The van der Waals surface area contributed by atoms with Crippen molar-refractivity contribution in [1.82, 2.24) is 4.98 Å². The van der Waals surface area contributed by atoms with E-state index >= 15 is 0 Å². The predicted molar refractivity (Wildman–Crippen MR) is 85.8 cm³/mol. The van der Waals surface area contributed by atoms with Crippen molar-refractivity contribution in [2.24, 2.45) is 0 Å². The molecule has 3 nitrogen and oxygen atoms in total. The van der Waals surface area contributed by atoms with Crippen LogP contribution in [0.15, 0.2) is 22.5 Å². The van der Waals surface area contributed by atoms with Crippen LogP contribution in [0.25, 0.3) is 10.2 Å². The minimum absolute atomic E-state index is 0.156. The normalized spacial score (nSPS) is 12.6. The van der Waals surface area contributed by atoms with Gasteiger partial charge < -0.3 is 4.74 Å². The molecule has 0 amide bonds. The molecule has 20 heavy (non-hydrogen) atoms. The highest BCUT2D eigenvalue weighted by Gasteiger charge is 2.22. The summed E-state index contributed by atoms with van der Waals surface area (Å²) in [6.45, 7) is 4.30. The van der Waals surface area contributed by atoms with Gasteiger partial charge in [-0.1, -0.05) is 36.7 Å². The number of benzene rings is 1. The first kappa shape index (κ1) is 15.6. The van der Waals surface area contributed by atoms with Crippen molar-refractivity contribution in [3.63, 3.8) is 0 Å². The zero-order valence-corrected chi connectivity index (χ0v) is 13.8. The number of ether oxygens (including phenoxy) is 1. The third-order valence-corrected chi connectivity index (χ3v) is 5.28. The van der Waals surface area contributed by atoms with Gasteiger partial charge in [0.15, 0.2) is 4.34 Å². The zero-order chi connectivity index (χ0) is 14.5. The number of thioether (sulfide) groups is 1. The van der Waals surface area contributed by atoms with Crippen molar-refractivity contribution in [2.75, 3.05) is 6.61 Å². The molecule has 0 spiro atoms. The molecule has 0 aliphatic rings. The van der Waals surface area contributed by atoms with Gasteiger partial charge in [-0.15, -0.1) is 11.3 Å². The Labute approximate surface area is 131 Å². The number of fused-ring (bicyclic) bond motifs is 1. The number of rotatable bonds is 6. The molecule has 1 aromatic heterocycles. The zero-order valence-electron chi connectivity index (χ0n) is 11.4. The van der Waals surface area contributed by atoms with Crippen molar-refractivity contribution in [3.8, 4) is 0 Å². The molecule has 6 heteroatoms. The highest BCUT2D eigenvalue weighted by atomic mass is 35.5. The number of halogens is 1. The van der Waals surface area contributed by atoms with Gasteiger partial charge in [0.1, 0.15) is 5.25 Å². The second-order valence-electron chi connectivity index (χ2n) is 4.24. The Hall–Kier alpha value is -0.780. The molecule has 1 aromatic carbocycles. The largest absolute Gasteiger partial charge is 0.465 e. The number of hydrogen-bond acceptors (Lipinski definition) is 5. The fourth-order valence-corrected chi connectivity index (χ4v) is 4.34. The Bertz CT molecular complexity index is 600. The highest BCUT2D eigenvalue weighted by Crippen LogP contribution is 2.34. The summed E-state index contributed by atoms with van der Waals surface area (Å²) in [7, 11) is 0. The molecule has 0 radical (unpaired) electrons. The average molecular weight is 330 g/mol. The van der Waals surface area contributed by atoms with Crippen LogP contribution >= 0.6 is 34.7 Å². The highest BCUT2D eigenvalue weighted by molar-refractivity contribution is 8.02. The number of esters is 1. The number of thiazole rings is 1. The maximum Gasteiger partial charge on any atom is 0.319 e. The van der Waals surface area contributed by atoms with E-state index in [4.69, 9.17) is 16.3 Å². The second-order valence-corrected chi connectivity index (χ2v) is 7.16. The Kier molecular flexibility index (Phi) is 5.69. The van der Waals surface area contributed by atoms with Crippen LogP contribution in [0.2, 0.25) is 5.02 Å². The summed E-state index contributed by atoms with van der Waals surface area (Å²) in [6.07, 6.45) is 1.73. The smallest absolute Gasteiger partial charge is 0.319 e. The average Bonchev–Trinajstić information content (AvgIpc) is 2.80. The lowest BCUT2D eigenvalue weighted by atomic mass is 10.2. The van der Waals surface area contributed by atoms with Crippen LogP contribution in [0.3, 0.4) is 0 Å². The van der Waals surface area contributed by atoms with Crippen molar-refractivity contribution >= 4 is 50.9 Å². The van der Waals surface area contributed by atoms with Crippen LogP contribution in [-0.2, 0) is 9.53 Å². The van der Waals surface area contributed by atoms with Crippen molar-refractivity contribution in [2.45, 2.75) is 36.3 Å². The molecule has 2 aromatic rings. The molecule has 0 saturated heterocycles. The van der Waals surface area contributed by atoms with Crippen molar-refractivity contribution in [1.29, 1.82) is 0 Å². The van der Waals surface area contributed by atoms with E-state index < -0.39 is 0 Å². The molecule has 108 valence electrons. The van der Waals surface area contributed by atoms with Gasteiger partial charge in [0.25, 0.3) is 0 Å². The molecular formula is C14H16ClNO2S2. The summed E-state index contributed by atoms with van der Waals surface area (Å²) in [5.41, 5.74) is 0.879. The van der Waals surface area contributed by atoms with Crippen molar-refractivity contribution < 1.29 is 9.53 Å². The van der Waals surface area contributed by atoms with E-state index in [1.165, 1.54) is 11.8 Å². The molecule has 2 rings (SSSR count). The molecule has 0 bridgehead atoms. The molecule has 1 heterocycles. The van der Waals surface area contributed by atoms with Gasteiger partial charge in [-0.2, -0.15) is 0 Å².